The number of nitrogens with two attached hydrogens (primary N) is 2. The zero-order chi connectivity index (χ0) is 33.7. The molecule has 0 fully saturated rings. The summed E-state index contributed by atoms with van der Waals surface area (Å²) < 4.78 is 69.2. The number of aromatic nitrogens is 1. The summed E-state index contributed by atoms with van der Waals surface area (Å²) in [7, 11) is 0. The van der Waals surface area contributed by atoms with Crippen LogP contribution in [0.1, 0.15) is 36.8 Å². The van der Waals surface area contributed by atoms with E-state index in [0.717, 1.165) is 5.56 Å². The van der Waals surface area contributed by atoms with Crippen LogP contribution < -0.4 is 16.8 Å². The zero-order valence-electron chi connectivity index (χ0n) is 22.6. The molecule has 0 saturated heterocycles. The number of aliphatic carboxylic acids is 2. The van der Waals surface area contributed by atoms with Gasteiger partial charge in [-0.1, -0.05) is 41.9 Å². The number of fused-ring (bicyclic) bond motifs is 1. The highest BCUT2D eigenvalue weighted by Crippen LogP contribution is 2.26. The van der Waals surface area contributed by atoms with E-state index in [4.69, 9.17) is 47.3 Å². The maximum atomic E-state index is 12.6. The van der Waals surface area contributed by atoms with Gasteiger partial charge in [0.15, 0.2) is 11.7 Å². The summed E-state index contributed by atoms with van der Waals surface area (Å²) in [5.74, 6) is -5.72. The molecule has 0 aliphatic rings. The van der Waals surface area contributed by atoms with E-state index < -0.39 is 42.5 Å². The number of oxazole rings is 1. The van der Waals surface area contributed by atoms with E-state index in [9.17, 15) is 36.2 Å². The topological polar surface area (TPSA) is 202 Å². The molecule has 8 N–H and O–H groups in total. The minimum absolute atomic E-state index is 0.126. The number of hydrogen-bond donors (Lipinski definition) is 6. The lowest BCUT2D eigenvalue weighted by molar-refractivity contribution is -0.193. The van der Waals surface area contributed by atoms with E-state index in [1.165, 1.54) is 0 Å². The molecule has 3 aromatic rings. The average molecular weight is 659 g/mol. The minimum atomic E-state index is -5.08. The molecular weight excluding hydrogens is 630 g/mol. The Hall–Kier alpha value is -3.93. The molecule has 0 bridgehead atoms. The zero-order valence-corrected chi connectivity index (χ0v) is 23.4. The largest absolute Gasteiger partial charge is 0.490 e. The van der Waals surface area contributed by atoms with Crippen LogP contribution in [0.4, 0.5) is 26.3 Å². The predicted octanol–water partition coefficient (Wildman–Crippen LogP) is 3.97. The molecule has 0 aliphatic heterocycles. The number of aryl methyl sites for hydroxylation is 1. The first-order valence-electron chi connectivity index (χ1n) is 12.5. The van der Waals surface area contributed by atoms with Gasteiger partial charge in [-0.2, -0.15) is 26.3 Å². The fourth-order valence-corrected chi connectivity index (χ4v) is 3.42. The number of rotatable bonds is 10. The molecule has 0 spiro atoms. The van der Waals surface area contributed by atoms with Crippen LogP contribution >= 0.6 is 11.6 Å². The number of benzene rings is 2. The number of hydrogen-bond acceptors (Lipinski definition) is 8. The van der Waals surface area contributed by atoms with Crippen LogP contribution in [0.3, 0.4) is 0 Å². The van der Waals surface area contributed by atoms with Crippen molar-refractivity contribution in [2.24, 2.45) is 11.5 Å². The summed E-state index contributed by atoms with van der Waals surface area (Å²) in [6.07, 6.45) is -9.03. The Balaban J connectivity index is 0.000000574. The van der Waals surface area contributed by atoms with Crippen LogP contribution in [0.15, 0.2) is 52.9 Å². The van der Waals surface area contributed by atoms with Gasteiger partial charge in [0, 0.05) is 5.02 Å². The lowest BCUT2D eigenvalue weighted by Crippen LogP contribution is -2.48. The van der Waals surface area contributed by atoms with Crippen molar-refractivity contribution in [3.05, 3.63) is 65.0 Å². The summed E-state index contributed by atoms with van der Waals surface area (Å²) in [5.41, 5.74) is 13.6. The molecule has 1 heterocycles. The SMILES string of the molecule is NCCC[C@@H](N)C(=O)N[C@H](CCc1ccccc1)C(O)c1nc2cc(Cl)ccc2o1.O=C(O)C(F)(F)F.O=C(O)C(F)(F)F. The van der Waals surface area contributed by atoms with E-state index in [1.807, 2.05) is 30.3 Å². The molecule has 3 rings (SSSR count). The second-order valence-corrected chi connectivity index (χ2v) is 9.33. The first-order chi connectivity index (χ1) is 20.4. The van der Waals surface area contributed by atoms with Crippen LogP contribution in [0.5, 0.6) is 0 Å². The molecule has 244 valence electrons. The summed E-state index contributed by atoms with van der Waals surface area (Å²) in [6, 6.07) is 13.6. The number of amides is 1. The lowest BCUT2D eigenvalue weighted by atomic mass is 10.00. The Morgan fingerprint density at radius 2 is 1.50 bits per heavy atom. The van der Waals surface area contributed by atoms with Gasteiger partial charge in [-0.3, -0.25) is 4.79 Å². The van der Waals surface area contributed by atoms with Gasteiger partial charge >= 0.3 is 24.3 Å². The van der Waals surface area contributed by atoms with E-state index >= 15 is 0 Å². The van der Waals surface area contributed by atoms with Crippen molar-refractivity contribution in [1.82, 2.24) is 10.3 Å². The first-order valence-corrected chi connectivity index (χ1v) is 12.9. The molecule has 0 aliphatic carbocycles. The summed E-state index contributed by atoms with van der Waals surface area (Å²) in [6.45, 7) is 0.465. The molecule has 3 atom stereocenters. The Morgan fingerprint density at radius 3 is 2.00 bits per heavy atom. The summed E-state index contributed by atoms with van der Waals surface area (Å²) >= 11 is 6.01. The Kier molecular flexibility index (Phi) is 15.1. The number of aliphatic hydroxyl groups is 1. The molecular formula is C26H29ClF6N4O7. The number of alkyl halides is 6. The highest BCUT2D eigenvalue weighted by Gasteiger charge is 2.39. The van der Waals surface area contributed by atoms with Gasteiger partial charge in [0.25, 0.3) is 0 Å². The third kappa shape index (κ3) is 13.6. The summed E-state index contributed by atoms with van der Waals surface area (Å²) in [4.78, 5) is 34.7. The Labute approximate surface area is 250 Å². The van der Waals surface area contributed by atoms with Gasteiger partial charge in [0.2, 0.25) is 11.8 Å². The second-order valence-electron chi connectivity index (χ2n) is 8.89. The molecule has 1 unspecified atom stereocenters. The van der Waals surface area contributed by atoms with Crippen molar-refractivity contribution >= 4 is 40.5 Å². The number of aliphatic hydroxyl groups excluding tert-OH is 1. The molecule has 0 radical (unpaired) electrons. The van der Waals surface area contributed by atoms with Gasteiger partial charge in [-0.15, -0.1) is 0 Å². The standard InChI is InChI=1S/C22H27ClN4O3.2C2HF3O2/c23-15-9-11-19-18(13-15)27-22(30-19)20(28)17(10-8-14-5-2-1-3-6-14)26-21(29)16(25)7-4-12-24;2*3-2(4,5)1(6)7/h1-3,5-6,9,11,13,16-17,20,28H,4,7-8,10,12,24-25H2,(H,26,29);2*(H,6,7)/t16-,17-,20?;;/m1../s1. The normalized spacial score (nSPS) is 13.4. The van der Waals surface area contributed by atoms with Crippen molar-refractivity contribution in [3.8, 4) is 0 Å². The maximum Gasteiger partial charge on any atom is 0.490 e. The van der Waals surface area contributed by atoms with Crippen LogP contribution in [0.25, 0.3) is 11.1 Å². The molecule has 2 aromatic carbocycles. The van der Waals surface area contributed by atoms with Crippen LogP contribution in [0.2, 0.25) is 5.02 Å². The van der Waals surface area contributed by atoms with Crippen molar-refractivity contribution < 1.29 is 60.5 Å². The van der Waals surface area contributed by atoms with E-state index in [2.05, 4.69) is 10.3 Å². The van der Waals surface area contributed by atoms with Crippen LogP contribution in [0, 0.1) is 0 Å². The fourth-order valence-electron chi connectivity index (χ4n) is 3.25. The number of nitrogens with zero attached hydrogens (tertiary/aromatic N) is 1. The van der Waals surface area contributed by atoms with E-state index in [-0.39, 0.29) is 11.8 Å². The number of carbonyl (C=O) groups excluding carboxylic acids is 1. The quantitative estimate of drug-likeness (QED) is 0.173. The Bertz CT molecular complexity index is 1330. The fraction of sp³-hybridized carbons (Fsp3) is 0.385. The maximum absolute atomic E-state index is 12.6. The average Bonchev–Trinajstić information content (AvgIpc) is 3.37. The third-order valence-corrected chi connectivity index (χ3v) is 5.69. The summed E-state index contributed by atoms with van der Waals surface area (Å²) in [5, 5.41) is 28.6. The van der Waals surface area contributed by atoms with Crippen molar-refractivity contribution in [2.45, 2.75) is 56.2 Å². The molecule has 0 saturated carbocycles. The smallest absolute Gasteiger partial charge is 0.475 e. The molecule has 18 heteroatoms. The van der Waals surface area contributed by atoms with E-state index in [0.29, 0.717) is 48.4 Å². The highest BCUT2D eigenvalue weighted by atomic mass is 35.5. The number of halogens is 7. The van der Waals surface area contributed by atoms with Gasteiger partial charge in [-0.05, 0) is 56.0 Å². The first kappa shape index (κ1) is 38.1. The number of nitrogens with one attached hydrogen (secondary N) is 1. The number of carboxylic acids is 2. The van der Waals surface area contributed by atoms with Gasteiger partial charge < -0.3 is 36.5 Å². The highest BCUT2D eigenvalue weighted by molar-refractivity contribution is 6.31. The Morgan fingerprint density at radius 1 is 0.955 bits per heavy atom. The van der Waals surface area contributed by atoms with Gasteiger partial charge in [0.05, 0.1) is 12.1 Å². The molecule has 1 aromatic heterocycles. The van der Waals surface area contributed by atoms with E-state index in [1.54, 1.807) is 18.2 Å². The molecule has 11 nitrogen and oxygen atoms in total. The predicted molar refractivity (Wildman–Crippen MR) is 144 cm³/mol. The number of carboxylic acid groups (broad SMARTS) is 2. The second kappa shape index (κ2) is 17.4. The van der Waals surface area contributed by atoms with Crippen LogP contribution in [-0.2, 0) is 20.8 Å². The lowest BCUT2D eigenvalue weighted by Gasteiger charge is -2.24. The molecule has 44 heavy (non-hydrogen) atoms. The van der Waals surface area contributed by atoms with Gasteiger partial charge in [0.1, 0.15) is 5.52 Å². The van der Waals surface area contributed by atoms with Gasteiger partial charge in [-0.25, -0.2) is 14.6 Å². The van der Waals surface area contributed by atoms with Crippen molar-refractivity contribution in [2.75, 3.05) is 6.54 Å². The third-order valence-electron chi connectivity index (χ3n) is 5.46. The monoisotopic (exact) mass is 658 g/mol. The van der Waals surface area contributed by atoms with Crippen LogP contribution in [-0.4, -0.2) is 69.1 Å². The van der Waals surface area contributed by atoms with Crippen molar-refractivity contribution in [3.63, 3.8) is 0 Å². The minimum Gasteiger partial charge on any atom is -0.475 e. The molecule has 1 amide bonds. The number of carbonyl (C=O) groups is 3. The van der Waals surface area contributed by atoms with Crippen molar-refractivity contribution in [1.29, 1.82) is 0 Å².